The van der Waals surface area contributed by atoms with E-state index in [2.05, 4.69) is 0 Å². The molecule has 1 heterocycles. The van der Waals surface area contributed by atoms with Crippen molar-refractivity contribution in [2.45, 2.75) is 13.0 Å². The highest BCUT2D eigenvalue weighted by molar-refractivity contribution is 6.52. The van der Waals surface area contributed by atoms with Gasteiger partial charge in [0.1, 0.15) is 5.76 Å². The Balaban J connectivity index is 2.01. The monoisotopic (exact) mass is 508 g/mol. The van der Waals surface area contributed by atoms with E-state index in [4.69, 9.17) is 21.1 Å². The van der Waals surface area contributed by atoms with Crippen molar-refractivity contribution in [3.63, 3.8) is 0 Å². The number of nitro benzene ring substituents is 1. The molecule has 0 bridgehead atoms. The van der Waals surface area contributed by atoms with Crippen molar-refractivity contribution < 1.29 is 29.1 Å². The van der Waals surface area contributed by atoms with Gasteiger partial charge in [-0.15, -0.1) is 0 Å². The summed E-state index contributed by atoms with van der Waals surface area (Å²) in [6.07, 6.45) is 0. The van der Waals surface area contributed by atoms with Crippen LogP contribution >= 0.6 is 11.6 Å². The normalized spacial score (nSPS) is 16.8. The zero-order chi connectivity index (χ0) is 26.1. The number of hydrogen-bond donors (Lipinski definition) is 1. The highest BCUT2D eigenvalue weighted by Gasteiger charge is 2.47. The Labute approximate surface area is 211 Å². The third kappa shape index (κ3) is 4.14. The summed E-state index contributed by atoms with van der Waals surface area (Å²) in [6.45, 7) is 1.71. The van der Waals surface area contributed by atoms with Crippen LogP contribution in [-0.2, 0) is 9.59 Å². The minimum Gasteiger partial charge on any atom is -0.507 e. The number of non-ortho nitro benzene ring substituents is 1. The van der Waals surface area contributed by atoms with Crippen LogP contribution in [0.15, 0.2) is 66.2 Å². The van der Waals surface area contributed by atoms with Crippen LogP contribution in [0.1, 0.15) is 22.7 Å². The maximum atomic E-state index is 13.4. The van der Waals surface area contributed by atoms with Gasteiger partial charge in [0.25, 0.3) is 17.4 Å². The van der Waals surface area contributed by atoms with E-state index in [1.54, 1.807) is 43.3 Å². The first-order valence-electron chi connectivity index (χ1n) is 10.7. The van der Waals surface area contributed by atoms with Crippen molar-refractivity contribution in [1.82, 2.24) is 0 Å². The molecule has 1 fully saturated rings. The number of aliphatic hydroxyl groups is 1. The maximum Gasteiger partial charge on any atom is 0.300 e. The fraction of sp³-hybridized carbons (Fsp3) is 0.154. The molecular formula is C26H21ClN2O7. The van der Waals surface area contributed by atoms with Gasteiger partial charge >= 0.3 is 0 Å². The van der Waals surface area contributed by atoms with Gasteiger partial charge in [0.2, 0.25) is 0 Å². The molecule has 184 valence electrons. The summed E-state index contributed by atoms with van der Waals surface area (Å²) < 4.78 is 10.7. The average Bonchev–Trinajstić information content (AvgIpc) is 3.14. The van der Waals surface area contributed by atoms with Gasteiger partial charge in [0, 0.05) is 28.4 Å². The second kappa shape index (κ2) is 9.71. The van der Waals surface area contributed by atoms with E-state index in [-0.39, 0.29) is 16.8 Å². The summed E-state index contributed by atoms with van der Waals surface area (Å²) in [5.74, 6) is -1.60. The van der Waals surface area contributed by atoms with E-state index in [1.165, 1.54) is 37.3 Å². The SMILES string of the molecule is COc1ccc(C2/C(=C(\O)c3cccc([N+](=O)[O-])c3)C(=O)C(=O)N2c2cccc(Cl)c2C)cc1OC. The van der Waals surface area contributed by atoms with Crippen LogP contribution < -0.4 is 14.4 Å². The zero-order valence-electron chi connectivity index (χ0n) is 19.5. The summed E-state index contributed by atoms with van der Waals surface area (Å²) in [5, 5.41) is 22.9. The molecule has 1 atom stereocenters. The zero-order valence-corrected chi connectivity index (χ0v) is 20.3. The van der Waals surface area contributed by atoms with Crippen LogP contribution in [0.4, 0.5) is 11.4 Å². The van der Waals surface area contributed by atoms with Crippen LogP contribution in [0, 0.1) is 17.0 Å². The number of methoxy groups -OCH3 is 2. The highest BCUT2D eigenvalue weighted by atomic mass is 35.5. The Hall–Kier alpha value is -4.37. The van der Waals surface area contributed by atoms with Crippen LogP contribution in [0.3, 0.4) is 0 Å². The molecule has 1 aliphatic heterocycles. The molecular weight excluding hydrogens is 488 g/mol. The number of ketones is 1. The Morgan fingerprint density at radius 3 is 2.39 bits per heavy atom. The predicted octanol–water partition coefficient (Wildman–Crippen LogP) is 5.20. The number of hydrogen-bond acceptors (Lipinski definition) is 7. The van der Waals surface area contributed by atoms with Gasteiger partial charge in [0.05, 0.1) is 30.8 Å². The van der Waals surface area contributed by atoms with E-state index < -0.39 is 28.4 Å². The molecule has 10 heteroatoms. The average molecular weight is 509 g/mol. The first-order valence-corrected chi connectivity index (χ1v) is 11.1. The third-order valence-corrected chi connectivity index (χ3v) is 6.41. The molecule has 0 saturated carbocycles. The van der Waals surface area contributed by atoms with Gasteiger partial charge in [-0.2, -0.15) is 0 Å². The van der Waals surface area contributed by atoms with Crippen LogP contribution in [-0.4, -0.2) is 35.9 Å². The van der Waals surface area contributed by atoms with Gasteiger partial charge in [-0.1, -0.05) is 35.9 Å². The second-order valence-corrected chi connectivity index (χ2v) is 8.38. The molecule has 0 aliphatic carbocycles. The summed E-state index contributed by atoms with van der Waals surface area (Å²) in [5.41, 5.74) is 0.895. The third-order valence-electron chi connectivity index (χ3n) is 6.00. The lowest BCUT2D eigenvalue weighted by Gasteiger charge is -2.27. The minimum absolute atomic E-state index is 0.0236. The summed E-state index contributed by atoms with van der Waals surface area (Å²) in [4.78, 5) is 38.6. The number of carbonyl (C=O) groups is 2. The van der Waals surface area contributed by atoms with E-state index in [0.717, 1.165) is 6.07 Å². The number of Topliss-reactive ketones (excluding diaryl/α,β-unsaturated/α-hetero) is 1. The highest BCUT2D eigenvalue weighted by Crippen LogP contribution is 2.45. The number of amides is 1. The lowest BCUT2D eigenvalue weighted by Crippen LogP contribution is -2.30. The van der Waals surface area contributed by atoms with E-state index in [9.17, 15) is 24.8 Å². The maximum absolute atomic E-state index is 13.4. The van der Waals surface area contributed by atoms with Crippen molar-refractivity contribution in [3.8, 4) is 11.5 Å². The van der Waals surface area contributed by atoms with Crippen LogP contribution in [0.5, 0.6) is 11.5 Å². The molecule has 36 heavy (non-hydrogen) atoms. The quantitative estimate of drug-likeness (QED) is 0.160. The molecule has 9 nitrogen and oxygen atoms in total. The molecule has 1 N–H and O–H groups in total. The number of halogens is 1. The lowest BCUT2D eigenvalue weighted by atomic mass is 9.94. The van der Waals surface area contributed by atoms with Crippen molar-refractivity contribution in [2.75, 3.05) is 19.1 Å². The van der Waals surface area contributed by atoms with Crippen molar-refractivity contribution in [3.05, 3.63) is 98.1 Å². The number of ether oxygens (including phenoxy) is 2. The van der Waals surface area contributed by atoms with Crippen molar-refractivity contribution >= 4 is 40.4 Å². The summed E-state index contributed by atoms with van der Waals surface area (Å²) in [6, 6.07) is 13.9. The Morgan fingerprint density at radius 2 is 1.72 bits per heavy atom. The standard InChI is InChI=1S/C26H21ClN2O7/c1-14-18(27)8-5-9-19(14)28-23(15-10-11-20(35-2)21(13-15)36-3)22(25(31)26(28)32)24(30)16-6-4-7-17(12-16)29(33)34/h4-13,23,30H,1-3H3/b24-22+. The van der Waals surface area contributed by atoms with Gasteiger partial charge in [0.15, 0.2) is 11.5 Å². The number of aliphatic hydroxyl groups excluding tert-OH is 1. The molecule has 0 aromatic heterocycles. The number of nitro groups is 1. The molecule has 1 amide bonds. The number of carbonyl (C=O) groups excluding carboxylic acids is 2. The Kier molecular flexibility index (Phi) is 6.67. The fourth-order valence-electron chi connectivity index (χ4n) is 4.20. The van der Waals surface area contributed by atoms with E-state index in [0.29, 0.717) is 33.3 Å². The topological polar surface area (TPSA) is 119 Å². The molecule has 1 unspecified atom stereocenters. The van der Waals surface area contributed by atoms with Crippen molar-refractivity contribution in [2.24, 2.45) is 0 Å². The van der Waals surface area contributed by atoms with E-state index >= 15 is 0 Å². The first-order chi connectivity index (χ1) is 17.2. The van der Waals surface area contributed by atoms with Crippen LogP contribution in [0.25, 0.3) is 5.76 Å². The Morgan fingerprint density at radius 1 is 1.03 bits per heavy atom. The number of rotatable bonds is 6. The van der Waals surface area contributed by atoms with Gasteiger partial charge in [-0.25, -0.2) is 0 Å². The Bertz CT molecular complexity index is 1430. The van der Waals surface area contributed by atoms with Gasteiger partial charge < -0.3 is 14.6 Å². The summed E-state index contributed by atoms with van der Waals surface area (Å²) >= 11 is 6.31. The fourth-order valence-corrected chi connectivity index (χ4v) is 4.37. The number of anilines is 1. The first kappa shape index (κ1) is 24.7. The van der Waals surface area contributed by atoms with E-state index in [1.807, 2.05) is 0 Å². The molecule has 1 aliphatic rings. The predicted molar refractivity (Wildman–Crippen MR) is 134 cm³/mol. The van der Waals surface area contributed by atoms with Gasteiger partial charge in [-0.3, -0.25) is 24.6 Å². The van der Waals surface area contributed by atoms with Crippen molar-refractivity contribution in [1.29, 1.82) is 0 Å². The molecule has 4 rings (SSSR count). The lowest BCUT2D eigenvalue weighted by molar-refractivity contribution is -0.384. The molecule has 0 spiro atoms. The summed E-state index contributed by atoms with van der Waals surface area (Å²) in [7, 11) is 2.92. The minimum atomic E-state index is -1.08. The molecule has 0 radical (unpaired) electrons. The largest absolute Gasteiger partial charge is 0.507 e. The molecule has 3 aromatic carbocycles. The van der Waals surface area contributed by atoms with Gasteiger partial charge in [-0.05, 0) is 42.3 Å². The molecule has 1 saturated heterocycles. The number of benzene rings is 3. The molecule has 3 aromatic rings. The smallest absolute Gasteiger partial charge is 0.300 e. The second-order valence-electron chi connectivity index (χ2n) is 7.97. The van der Waals surface area contributed by atoms with Crippen LogP contribution in [0.2, 0.25) is 5.02 Å². The number of nitrogens with zero attached hydrogens (tertiary/aromatic N) is 2.